The molecule has 1 aliphatic carbocycles. The Morgan fingerprint density at radius 2 is 1.74 bits per heavy atom. The summed E-state index contributed by atoms with van der Waals surface area (Å²) in [5, 5.41) is 13.1. The van der Waals surface area contributed by atoms with Gasteiger partial charge in [-0.1, -0.05) is 12.1 Å². The number of hydrogen-bond donors (Lipinski definition) is 2. The van der Waals surface area contributed by atoms with Crippen molar-refractivity contribution in [3.63, 3.8) is 0 Å². The molecule has 0 heterocycles. The molecule has 2 rings (SSSR count). The van der Waals surface area contributed by atoms with Gasteiger partial charge in [0.15, 0.2) is 0 Å². The summed E-state index contributed by atoms with van der Waals surface area (Å²) in [5.41, 5.74) is 5.63. The maximum absolute atomic E-state index is 9.50. The number of hydrogen-bond acceptors (Lipinski definition) is 2. The molecule has 2 N–H and O–H groups in total. The van der Waals surface area contributed by atoms with Crippen molar-refractivity contribution >= 4 is 0 Å². The Balaban J connectivity index is 1.81. The Morgan fingerprint density at radius 1 is 1.05 bits per heavy atom. The molecule has 1 saturated carbocycles. The lowest BCUT2D eigenvalue weighted by Crippen LogP contribution is -2.27. The SMILES string of the molecule is Cc1ccc(CNCC2CCC(O)CC2)c(C)c1C. The monoisotopic (exact) mass is 261 g/mol. The van der Waals surface area contributed by atoms with Crippen LogP contribution in [0.15, 0.2) is 12.1 Å². The van der Waals surface area contributed by atoms with Gasteiger partial charge in [0, 0.05) is 6.54 Å². The van der Waals surface area contributed by atoms with E-state index in [4.69, 9.17) is 0 Å². The van der Waals surface area contributed by atoms with Crippen LogP contribution in [0.4, 0.5) is 0 Å². The van der Waals surface area contributed by atoms with Gasteiger partial charge in [-0.2, -0.15) is 0 Å². The third kappa shape index (κ3) is 3.80. The molecule has 0 amide bonds. The third-order valence-electron chi connectivity index (χ3n) is 4.73. The minimum atomic E-state index is -0.0433. The van der Waals surface area contributed by atoms with Crippen LogP contribution in [-0.4, -0.2) is 17.8 Å². The highest BCUT2D eigenvalue weighted by molar-refractivity contribution is 5.38. The molecule has 1 fully saturated rings. The predicted octanol–water partition coefficient (Wildman–Crippen LogP) is 3.25. The van der Waals surface area contributed by atoms with E-state index in [-0.39, 0.29) is 6.10 Å². The summed E-state index contributed by atoms with van der Waals surface area (Å²) in [6.07, 6.45) is 4.25. The zero-order valence-electron chi connectivity index (χ0n) is 12.5. The van der Waals surface area contributed by atoms with E-state index in [0.717, 1.165) is 31.8 Å². The van der Waals surface area contributed by atoms with Crippen LogP contribution in [-0.2, 0) is 6.54 Å². The van der Waals surface area contributed by atoms with Crippen LogP contribution in [0.5, 0.6) is 0 Å². The summed E-state index contributed by atoms with van der Waals surface area (Å²) < 4.78 is 0. The maximum Gasteiger partial charge on any atom is 0.0540 e. The lowest BCUT2D eigenvalue weighted by molar-refractivity contribution is 0.108. The molecule has 0 spiro atoms. The van der Waals surface area contributed by atoms with Crippen LogP contribution in [0.3, 0.4) is 0 Å². The second-order valence-corrected chi connectivity index (χ2v) is 6.10. The Hall–Kier alpha value is -0.860. The Bertz CT molecular complexity index is 420. The standard InChI is InChI=1S/C17H27NO/c1-12-4-7-16(14(3)13(12)2)11-18-10-15-5-8-17(19)9-6-15/h4,7,15,17-19H,5-6,8-11H2,1-3H3. The highest BCUT2D eigenvalue weighted by atomic mass is 16.3. The van der Waals surface area contributed by atoms with E-state index < -0.39 is 0 Å². The van der Waals surface area contributed by atoms with Crippen molar-refractivity contribution in [3.05, 3.63) is 34.4 Å². The molecule has 0 radical (unpaired) electrons. The number of rotatable bonds is 4. The number of aliphatic hydroxyl groups excluding tert-OH is 1. The normalized spacial score (nSPS) is 23.6. The Labute approximate surface area is 117 Å². The van der Waals surface area contributed by atoms with E-state index in [0.29, 0.717) is 0 Å². The van der Waals surface area contributed by atoms with Gasteiger partial charge in [-0.15, -0.1) is 0 Å². The third-order valence-corrected chi connectivity index (χ3v) is 4.73. The average molecular weight is 261 g/mol. The van der Waals surface area contributed by atoms with Crippen molar-refractivity contribution in [2.24, 2.45) is 5.92 Å². The van der Waals surface area contributed by atoms with Crippen molar-refractivity contribution in [1.82, 2.24) is 5.32 Å². The van der Waals surface area contributed by atoms with Gasteiger partial charge in [0.1, 0.15) is 0 Å². The van der Waals surface area contributed by atoms with Crippen LogP contribution in [0.1, 0.15) is 47.9 Å². The van der Waals surface area contributed by atoms with E-state index in [1.807, 2.05) is 0 Å². The second kappa shape index (κ2) is 6.53. The van der Waals surface area contributed by atoms with Gasteiger partial charge in [0.05, 0.1) is 6.10 Å². The van der Waals surface area contributed by atoms with Crippen LogP contribution in [0, 0.1) is 26.7 Å². The molecule has 1 aliphatic rings. The van der Waals surface area contributed by atoms with Crippen molar-refractivity contribution in [2.45, 2.75) is 59.1 Å². The van der Waals surface area contributed by atoms with Gasteiger partial charge in [-0.05, 0) is 81.2 Å². The Kier molecular flexibility index (Phi) is 5.00. The summed E-state index contributed by atoms with van der Waals surface area (Å²) >= 11 is 0. The minimum Gasteiger partial charge on any atom is -0.393 e. The summed E-state index contributed by atoms with van der Waals surface area (Å²) in [5.74, 6) is 0.746. The molecule has 1 aromatic rings. The molecule has 0 bridgehead atoms. The van der Waals surface area contributed by atoms with Gasteiger partial charge >= 0.3 is 0 Å². The number of aliphatic hydroxyl groups is 1. The smallest absolute Gasteiger partial charge is 0.0540 e. The zero-order chi connectivity index (χ0) is 13.8. The number of nitrogens with one attached hydrogen (secondary N) is 1. The highest BCUT2D eigenvalue weighted by Gasteiger charge is 2.18. The lowest BCUT2D eigenvalue weighted by Gasteiger charge is -2.25. The van der Waals surface area contributed by atoms with Crippen molar-refractivity contribution < 1.29 is 5.11 Å². The van der Waals surface area contributed by atoms with Crippen molar-refractivity contribution in [3.8, 4) is 0 Å². The predicted molar refractivity (Wildman–Crippen MR) is 80.3 cm³/mol. The Morgan fingerprint density at radius 3 is 2.42 bits per heavy atom. The number of aryl methyl sites for hydroxylation is 1. The van der Waals surface area contributed by atoms with Gasteiger partial charge in [0.25, 0.3) is 0 Å². The van der Waals surface area contributed by atoms with Gasteiger partial charge in [-0.3, -0.25) is 0 Å². The first kappa shape index (κ1) is 14.5. The summed E-state index contributed by atoms with van der Waals surface area (Å²) in [6, 6.07) is 4.46. The molecule has 0 atom stereocenters. The van der Waals surface area contributed by atoms with E-state index in [1.54, 1.807) is 0 Å². The molecule has 2 heteroatoms. The molecule has 2 nitrogen and oxygen atoms in total. The maximum atomic E-state index is 9.50. The molecule has 0 aliphatic heterocycles. The quantitative estimate of drug-likeness (QED) is 0.872. The van der Waals surface area contributed by atoms with Gasteiger partial charge in [-0.25, -0.2) is 0 Å². The van der Waals surface area contributed by atoms with Crippen molar-refractivity contribution in [1.29, 1.82) is 0 Å². The number of benzene rings is 1. The molecule has 19 heavy (non-hydrogen) atoms. The van der Waals surface area contributed by atoms with Gasteiger partial charge < -0.3 is 10.4 Å². The van der Waals surface area contributed by atoms with Crippen LogP contribution < -0.4 is 5.32 Å². The highest BCUT2D eigenvalue weighted by Crippen LogP contribution is 2.23. The molecule has 106 valence electrons. The van der Waals surface area contributed by atoms with Crippen molar-refractivity contribution in [2.75, 3.05) is 6.54 Å². The van der Waals surface area contributed by atoms with Crippen LogP contribution in [0.2, 0.25) is 0 Å². The molecule has 0 aromatic heterocycles. The van der Waals surface area contributed by atoms with E-state index in [9.17, 15) is 5.11 Å². The van der Waals surface area contributed by atoms with Gasteiger partial charge in [0.2, 0.25) is 0 Å². The molecule has 0 unspecified atom stereocenters. The summed E-state index contributed by atoms with van der Waals surface area (Å²) in [4.78, 5) is 0. The van der Waals surface area contributed by atoms with E-state index in [2.05, 4.69) is 38.2 Å². The molecular weight excluding hydrogens is 234 g/mol. The first-order valence-electron chi connectivity index (χ1n) is 7.52. The fourth-order valence-electron chi connectivity index (χ4n) is 2.96. The van der Waals surface area contributed by atoms with E-state index in [1.165, 1.54) is 35.1 Å². The summed E-state index contributed by atoms with van der Waals surface area (Å²) in [6.45, 7) is 8.64. The van der Waals surface area contributed by atoms with Crippen LogP contribution in [0.25, 0.3) is 0 Å². The van der Waals surface area contributed by atoms with Crippen LogP contribution >= 0.6 is 0 Å². The lowest BCUT2D eigenvalue weighted by atomic mass is 9.87. The first-order valence-corrected chi connectivity index (χ1v) is 7.52. The summed E-state index contributed by atoms with van der Waals surface area (Å²) in [7, 11) is 0. The fraction of sp³-hybridized carbons (Fsp3) is 0.647. The minimum absolute atomic E-state index is 0.0433. The topological polar surface area (TPSA) is 32.3 Å². The molecule has 0 saturated heterocycles. The fourth-order valence-corrected chi connectivity index (χ4v) is 2.96. The molecule has 1 aromatic carbocycles. The largest absolute Gasteiger partial charge is 0.393 e. The molecular formula is C17H27NO. The first-order chi connectivity index (χ1) is 9.08. The second-order valence-electron chi connectivity index (χ2n) is 6.10. The average Bonchev–Trinajstić information content (AvgIpc) is 2.41. The zero-order valence-corrected chi connectivity index (χ0v) is 12.5. The van der Waals surface area contributed by atoms with E-state index >= 15 is 0 Å².